The zero-order valence-electron chi connectivity index (χ0n) is 16.6. The van der Waals surface area contributed by atoms with Gasteiger partial charge < -0.3 is 15.5 Å². The van der Waals surface area contributed by atoms with Gasteiger partial charge in [0.1, 0.15) is 6.54 Å². The van der Waals surface area contributed by atoms with E-state index in [-0.39, 0.29) is 24.9 Å². The third-order valence-electron chi connectivity index (χ3n) is 4.57. The maximum absolute atomic E-state index is 12.6. The Hall–Kier alpha value is -2.87. The minimum atomic E-state index is -4.37. The van der Waals surface area contributed by atoms with Gasteiger partial charge in [0.25, 0.3) is 5.91 Å². The monoisotopic (exact) mass is 408 g/mol. The van der Waals surface area contributed by atoms with Crippen LogP contribution in [0, 0.1) is 13.8 Å². The molecule has 2 aromatic carbocycles. The van der Waals surface area contributed by atoms with Gasteiger partial charge >= 0.3 is 6.18 Å². The summed E-state index contributed by atoms with van der Waals surface area (Å²) in [7, 11) is 1.76. The van der Waals surface area contributed by atoms with Crippen LogP contribution in [0.3, 0.4) is 0 Å². The summed E-state index contributed by atoms with van der Waals surface area (Å²) in [5.74, 6) is -0.641. The van der Waals surface area contributed by atoms with Crippen LogP contribution in [0.2, 0.25) is 0 Å². The lowest BCUT2D eigenvalue weighted by Gasteiger charge is -2.15. The number of halogens is 3. The Labute approximate surface area is 167 Å². The summed E-state index contributed by atoms with van der Waals surface area (Å²) in [4.78, 5) is 24.9. The average molecular weight is 408 g/mol. The van der Waals surface area contributed by atoms with Crippen molar-refractivity contribution >= 4 is 17.5 Å². The molecule has 0 heterocycles. The largest absolute Gasteiger partial charge is 0.416 e. The Bertz CT molecular complexity index is 864. The predicted octanol–water partition coefficient (Wildman–Crippen LogP) is 2.09. The molecule has 0 fully saturated rings. The van der Waals surface area contributed by atoms with Gasteiger partial charge in [-0.2, -0.15) is 13.2 Å². The molecule has 8 heteroatoms. The van der Waals surface area contributed by atoms with E-state index in [0.29, 0.717) is 17.8 Å². The van der Waals surface area contributed by atoms with Crippen molar-refractivity contribution in [3.8, 4) is 0 Å². The van der Waals surface area contributed by atoms with E-state index in [4.69, 9.17) is 0 Å². The molecule has 2 rings (SSSR count). The SMILES string of the molecule is Cc1cccc(NC(=O)CNC(=O)C[NH+](C)Cc2ccc(C(F)(F)F)cc2)c1C. The van der Waals surface area contributed by atoms with Crippen LogP contribution >= 0.6 is 0 Å². The molecule has 0 saturated carbocycles. The summed E-state index contributed by atoms with van der Waals surface area (Å²) < 4.78 is 37.8. The molecule has 1 atom stereocenters. The maximum atomic E-state index is 12.6. The topological polar surface area (TPSA) is 62.6 Å². The van der Waals surface area contributed by atoms with Gasteiger partial charge in [0.15, 0.2) is 6.54 Å². The molecular weight excluding hydrogens is 383 g/mol. The summed E-state index contributed by atoms with van der Waals surface area (Å²) >= 11 is 0. The molecule has 0 aliphatic carbocycles. The number of hydrogen-bond donors (Lipinski definition) is 3. The molecule has 2 aromatic rings. The second-order valence-corrected chi connectivity index (χ2v) is 7.08. The lowest BCUT2D eigenvalue weighted by molar-refractivity contribution is -0.885. The van der Waals surface area contributed by atoms with E-state index in [1.807, 2.05) is 26.0 Å². The van der Waals surface area contributed by atoms with Gasteiger partial charge in [0, 0.05) is 11.3 Å². The van der Waals surface area contributed by atoms with Gasteiger partial charge in [-0.3, -0.25) is 9.59 Å². The van der Waals surface area contributed by atoms with Crippen LogP contribution in [-0.2, 0) is 22.3 Å². The number of amides is 2. The van der Waals surface area contributed by atoms with Gasteiger partial charge in [-0.1, -0.05) is 24.3 Å². The summed E-state index contributed by atoms with van der Waals surface area (Å²) in [6.07, 6.45) is -4.37. The number of nitrogens with one attached hydrogen (secondary N) is 3. The van der Waals surface area contributed by atoms with Crippen LogP contribution in [0.1, 0.15) is 22.3 Å². The van der Waals surface area contributed by atoms with E-state index in [1.165, 1.54) is 12.1 Å². The quantitative estimate of drug-likeness (QED) is 0.657. The molecule has 2 amide bonds. The molecule has 0 aromatic heterocycles. The van der Waals surface area contributed by atoms with E-state index in [2.05, 4.69) is 10.6 Å². The first-order valence-corrected chi connectivity index (χ1v) is 9.16. The minimum Gasteiger partial charge on any atom is -0.342 e. The summed E-state index contributed by atoms with van der Waals surface area (Å²) in [6.45, 7) is 4.18. The van der Waals surface area contributed by atoms with Crippen molar-refractivity contribution in [2.75, 3.05) is 25.5 Å². The molecule has 156 valence electrons. The van der Waals surface area contributed by atoms with Crippen LogP contribution in [0.15, 0.2) is 42.5 Å². The predicted molar refractivity (Wildman–Crippen MR) is 104 cm³/mol. The first-order chi connectivity index (χ1) is 13.6. The average Bonchev–Trinajstić information content (AvgIpc) is 2.63. The second kappa shape index (κ2) is 9.56. The molecule has 0 aliphatic heterocycles. The number of hydrogen-bond acceptors (Lipinski definition) is 2. The summed E-state index contributed by atoms with van der Waals surface area (Å²) in [6, 6.07) is 10.5. The van der Waals surface area contributed by atoms with Crippen molar-refractivity contribution in [1.82, 2.24) is 5.32 Å². The van der Waals surface area contributed by atoms with Crippen molar-refractivity contribution in [2.24, 2.45) is 0 Å². The number of benzene rings is 2. The van der Waals surface area contributed by atoms with Gasteiger partial charge in [0.2, 0.25) is 5.91 Å². The van der Waals surface area contributed by atoms with Crippen molar-refractivity contribution in [2.45, 2.75) is 26.6 Å². The first-order valence-electron chi connectivity index (χ1n) is 9.16. The van der Waals surface area contributed by atoms with Gasteiger partial charge in [0.05, 0.1) is 19.2 Å². The molecule has 0 bridgehead atoms. The number of quaternary nitrogens is 1. The zero-order valence-corrected chi connectivity index (χ0v) is 16.6. The van der Waals surface area contributed by atoms with Crippen LogP contribution < -0.4 is 15.5 Å². The fraction of sp³-hybridized carbons (Fsp3) is 0.333. The van der Waals surface area contributed by atoms with E-state index < -0.39 is 11.7 Å². The van der Waals surface area contributed by atoms with Crippen molar-refractivity contribution in [1.29, 1.82) is 0 Å². The highest BCUT2D eigenvalue weighted by molar-refractivity contribution is 5.95. The Morgan fingerprint density at radius 1 is 1.00 bits per heavy atom. The molecule has 3 N–H and O–H groups in total. The number of anilines is 1. The normalized spacial score (nSPS) is 12.3. The Morgan fingerprint density at radius 2 is 1.66 bits per heavy atom. The highest BCUT2D eigenvalue weighted by atomic mass is 19.4. The zero-order chi connectivity index (χ0) is 21.6. The van der Waals surface area contributed by atoms with E-state index in [9.17, 15) is 22.8 Å². The number of carbonyl (C=O) groups excluding carboxylic acids is 2. The Balaban J connectivity index is 1.78. The molecule has 0 spiro atoms. The van der Waals surface area contributed by atoms with Gasteiger partial charge in [-0.25, -0.2) is 0 Å². The number of carbonyl (C=O) groups is 2. The van der Waals surface area contributed by atoms with Crippen molar-refractivity contribution in [3.05, 3.63) is 64.7 Å². The fourth-order valence-electron chi connectivity index (χ4n) is 2.82. The van der Waals surface area contributed by atoms with Crippen LogP contribution in [0.4, 0.5) is 18.9 Å². The van der Waals surface area contributed by atoms with E-state index in [0.717, 1.165) is 28.2 Å². The molecule has 0 aliphatic rings. The molecule has 0 saturated heterocycles. The minimum absolute atomic E-state index is 0.0950. The molecule has 5 nitrogen and oxygen atoms in total. The second-order valence-electron chi connectivity index (χ2n) is 7.08. The standard InChI is InChI=1S/C21H24F3N3O2/c1-14-5-4-6-18(15(14)2)26-19(28)11-25-20(29)13-27(3)12-16-7-9-17(10-8-16)21(22,23)24/h4-10H,11-13H2,1-3H3,(H,25,29)(H,26,28)/p+1. The van der Waals surface area contributed by atoms with Crippen molar-refractivity contribution in [3.63, 3.8) is 0 Å². The number of likely N-dealkylation sites (N-methyl/N-ethyl adjacent to an activating group) is 1. The number of rotatable bonds is 7. The summed E-state index contributed by atoms with van der Waals surface area (Å²) in [5, 5.41) is 5.33. The number of aryl methyl sites for hydroxylation is 1. The van der Waals surface area contributed by atoms with Crippen molar-refractivity contribution < 1.29 is 27.7 Å². The van der Waals surface area contributed by atoms with Crippen LogP contribution in [0.25, 0.3) is 0 Å². The van der Waals surface area contributed by atoms with Crippen LogP contribution in [-0.4, -0.2) is 32.0 Å². The first kappa shape index (κ1) is 22.4. The lowest BCUT2D eigenvalue weighted by Crippen LogP contribution is -3.08. The van der Waals surface area contributed by atoms with E-state index in [1.54, 1.807) is 13.1 Å². The lowest BCUT2D eigenvalue weighted by atomic mass is 10.1. The fourth-order valence-corrected chi connectivity index (χ4v) is 2.82. The van der Waals surface area contributed by atoms with Crippen LogP contribution in [0.5, 0.6) is 0 Å². The maximum Gasteiger partial charge on any atom is 0.416 e. The van der Waals surface area contributed by atoms with E-state index >= 15 is 0 Å². The molecule has 1 unspecified atom stereocenters. The Kier molecular flexibility index (Phi) is 7.39. The third kappa shape index (κ3) is 6.90. The third-order valence-corrected chi connectivity index (χ3v) is 4.57. The highest BCUT2D eigenvalue weighted by Gasteiger charge is 2.30. The molecular formula is C21H25F3N3O2+. The molecule has 0 radical (unpaired) electrons. The smallest absolute Gasteiger partial charge is 0.342 e. The molecule has 29 heavy (non-hydrogen) atoms. The van der Waals surface area contributed by atoms with Gasteiger partial charge in [-0.05, 0) is 43.2 Å². The number of alkyl halides is 3. The summed E-state index contributed by atoms with van der Waals surface area (Å²) in [5.41, 5.74) is 2.71. The Morgan fingerprint density at radius 3 is 2.28 bits per heavy atom. The van der Waals surface area contributed by atoms with Gasteiger partial charge in [-0.15, -0.1) is 0 Å². The highest BCUT2D eigenvalue weighted by Crippen LogP contribution is 2.28.